The predicted octanol–water partition coefficient (Wildman–Crippen LogP) is 2.56. The Morgan fingerprint density at radius 3 is 2.38 bits per heavy atom. The van der Waals surface area contributed by atoms with E-state index in [0.717, 1.165) is 12.3 Å². The Morgan fingerprint density at radius 2 is 1.92 bits per heavy atom. The molecule has 13 heavy (non-hydrogen) atoms. The number of alkyl halides is 1. The molecule has 0 aliphatic heterocycles. The van der Waals surface area contributed by atoms with Crippen molar-refractivity contribution in [2.24, 2.45) is 5.92 Å². The van der Waals surface area contributed by atoms with Crippen LogP contribution in [0.25, 0.3) is 0 Å². The highest BCUT2D eigenvalue weighted by Gasteiger charge is 2.05. The first-order chi connectivity index (χ1) is 6.06. The van der Waals surface area contributed by atoms with Crippen LogP contribution in [0.2, 0.25) is 0 Å². The summed E-state index contributed by atoms with van der Waals surface area (Å²) in [5.74, 6) is 0.740. The highest BCUT2D eigenvalue weighted by atomic mass is 35.5. The molecule has 0 aliphatic carbocycles. The van der Waals surface area contributed by atoms with Crippen molar-refractivity contribution in [3.05, 3.63) is 0 Å². The molecule has 0 aliphatic rings. The van der Waals surface area contributed by atoms with Gasteiger partial charge in [-0.3, -0.25) is 4.79 Å². The molecule has 0 saturated carbocycles. The average Bonchev–Trinajstić information content (AvgIpc) is 2.03. The normalized spacial score (nSPS) is 13.0. The molecule has 1 amide bonds. The van der Waals surface area contributed by atoms with E-state index in [0.29, 0.717) is 0 Å². The molecule has 1 N–H and O–H groups in total. The van der Waals surface area contributed by atoms with Gasteiger partial charge in [-0.1, -0.05) is 26.7 Å². The van der Waals surface area contributed by atoms with Crippen molar-refractivity contribution in [2.75, 3.05) is 5.88 Å². The Labute approximate surface area is 86.0 Å². The lowest BCUT2D eigenvalue weighted by molar-refractivity contribution is -0.119. The zero-order valence-electron chi connectivity index (χ0n) is 8.77. The summed E-state index contributed by atoms with van der Waals surface area (Å²) in [6.07, 6.45) is 3.43. The smallest absolute Gasteiger partial charge is 0.235 e. The Hall–Kier alpha value is -0.240. The average molecular weight is 206 g/mol. The van der Waals surface area contributed by atoms with Crippen LogP contribution in [0.4, 0.5) is 0 Å². The lowest BCUT2D eigenvalue weighted by Crippen LogP contribution is -2.33. The minimum absolute atomic E-state index is 0.0640. The molecular weight excluding hydrogens is 186 g/mol. The summed E-state index contributed by atoms with van der Waals surface area (Å²) in [7, 11) is 0. The number of halogens is 1. The quantitative estimate of drug-likeness (QED) is 0.664. The predicted molar refractivity (Wildman–Crippen MR) is 57.0 cm³/mol. The standard InChI is InChI=1S/C10H20ClNO/c1-8(2)5-4-6-9(3)12-10(13)7-11/h8-9H,4-7H2,1-3H3,(H,12,13). The van der Waals surface area contributed by atoms with E-state index in [1.165, 1.54) is 12.8 Å². The summed E-state index contributed by atoms with van der Waals surface area (Å²) in [6.45, 7) is 6.44. The van der Waals surface area contributed by atoms with E-state index in [2.05, 4.69) is 19.2 Å². The molecule has 0 bridgehead atoms. The van der Waals surface area contributed by atoms with E-state index in [4.69, 9.17) is 11.6 Å². The summed E-state index contributed by atoms with van der Waals surface area (Å²) >= 11 is 5.37. The number of nitrogens with one attached hydrogen (secondary N) is 1. The van der Waals surface area contributed by atoms with Crippen LogP contribution in [0.1, 0.15) is 40.0 Å². The van der Waals surface area contributed by atoms with Crippen molar-refractivity contribution >= 4 is 17.5 Å². The van der Waals surface area contributed by atoms with Crippen LogP contribution in [0.5, 0.6) is 0 Å². The van der Waals surface area contributed by atoms with Crippen molar-refractivity contribution in [3.63, 3.8) is 0 Å². The molecule has 0 spiro atoms. The molecule has 3 heteroatoms. The number of hydrogen-bond acceptors (Lipinski definition) is 1. The minimum atomic E-state index is -0.0706. The van der Waals surface area contributed by atoms with Crippen LogP contribution in [-0.4, -0.2) is 17.8 Å². The Morgan fingerprint density at radius 1 is 1.31 bits per heavy atom. The monoisotopic (exact) mass is 205 g/mol. The van der Waals surface area contributed by atoms with Gasteiger partial charge in [-0.25, -0.2) is 0 Å². The zero-order chi connectivity index (χ0) is 10.3. The van der Waals surface area contributed by atoms with Crippen LogP contribution in [-0.2, 0) is 4.79 Å². The Bertz CT molecular complexity index is 148. The maximum atomic E-state index is 10.9. The molecule has 0 radical (unpaired) electrons. The lowest BCUT2D eigenvalue weighted by Gasteiger charge is -2.13. The molecule has 0 heterocycles. The van der Waals surface area contributed by atoms with Crippen LogP contribution >= 0.6 is 11.6 Å². The van der Waals surface area contributed by atoms with E-state index in [1.54, 1.807) is 0 Å². The Balaban J connectivity index is 3.40. The Kier molecular flexibility index (Phi) is 7.06. The number of amides is 1. The second-order valence-electron chi connectivity index (χ2n) is 3.93. The fourth-order valence-electron chi connectivity index (χ4n) is 1.22. The molecule has 1 atom stereocenters. The number of hydrogen-bond donors (Lipinski definition) is 1. The minimum Gasteiger partial charge on any atom is -0.353 e. The lowest BCUT2D eigenvalue weighted by atomic mass is 10.0. The molecule has 1 unspecified atom stereocenters. The number of rotatable bonds is 6. The molecule has 0 saturated heterocycles. The van der Waals surface area contributed by atoms with E-state index >= 15 is 0 Å². The molecule has 78 valence electrons. The van der Waals surface area contributed by atoms with Gasteiger partial charge >= 0.3 is 0 Å². The third-order valence-electron chi connectivity index (χ3n) is 1.95. The van der Waals surface area contributed by atoms with Gasteiger partial charge in [0, 0.05) is 6.04 Å². The van der Waals surface area contributed by atoms with Gasteiger partial charge in [-0.05, 0) is 19.3 Å². The topological polar surface area (TPSA) is 29.1 Å². The van der Waals surface area contributed by atoms with Gasteiger partial charge in [0.2, 0.25) is 5.91 Å². The third-order valence-corrected chi connectivity index (χ3v) is 2.19. The van der Waals surface area contributed by atoms with Crippen molar-refractivity contribution in [3.8, 4) is 0 Å². The van der Waals surface area contributed by atoms with Gasteiger partial charge in [0.05, 0.1) is 0 Å². The summed E-state index contributed by atoms with van der Waals surface area (Å²) in [5, 5.41) is 2.83. The van der Waals surface area contributed by atoms with Gasteiger partial charge in [0.15, 0.2) is 0 Å². The fourth-order valence-corrected chi connectivity index (χ4v) is 1.30. The first-order valence-electron chi connectivity index (χ1n) is 4.91. The van der Waals surface area contributed by atoms with E-state index < -0.39 is 0 Å². The largest absolute Gasteiger partial charge is 0.353 e. The van der Waals surface area contributed by atoms with E-state index in [-0.39, 0.29) is 17.8 Å². The van der Waals surface area contributed by atoms with Crippen molar-refractivity contribution in [1.82, 2.24) is 5.32 Å². The van der Waals surface area contributed by atoms with Crippen molar-refractivity contribution in [1.29, 1.82) is 0 Å². The number of carbonyl (C=O) groups excluding carboxylic acids is 1. The summed E-state index contributed by atoms with van der Waals surface area (Å²) in [6, 6.07) is 0.255. The molecule has 0 aromatic heterocycles. The molecule has 0 aromatic rings. The van der Waals surface area contributed by atoms with Crippen molar-refractivity contribution < 1.29 is 4.79 Å². The molecule has 2 nitrogen and oxygen atoms in total. The highest BCUT2D eigenvalue weighted by molar-refractivity contribution is 6.27. The summed E-state index contributed by atoms with van der Waals surface area (Å²) in [4.78, 5) is 10.9. The maximum absolute atomic E-state index is 10.9. The third kappa shape index (κ3) is 8.10. The second-order valence-corrected chi connectivity index (χ2v) is 4.19. The first kappa shape index (κ1) is 12.8. The van der Waals surface area contributed by atoms with Gasteiger partial charge < -0.3 is 5.32 Å². The zero-order valence-corrected chi connectivity index (χ0v) is 9.53. The molecule has 0 aromatic carbocycles. The van der Waals surface area contributed by atoms with E-state index in [1.807, 2.05) is 6.92 Å². The van der Waals surface area contributed by atoms with E-state index in [9.17, 15) is 4.79 Å². The summed E-state index contributed by atoms with van der Waals surface area (Å²) in [5.41, 5.74) is 0. The van der Waals surface area contributed by atoms with Crippen LogP contribution in [0.15, 0.2) is 0 Å². The first-order valence-corrected chi connectivity index (χ1v) is 5.45. The molecule has 0 fully saturated rings. The van der Waals surface area contributed by atoms with Gasteiger partial charge in [0.1, 0.15) is 5.88 Å². The van der Waals surface area contributed by atoms with Crippen LogP contribution in [0, 0.1) is 5.92 Å². The van der Waals surface area contributed by atoms with Gasteiger partial charge in [-0.2, -0.15) is 0 Å². The summed E-state index contributed by atoms with van der Waals surface area (Å²) < 4.78 is 0. The second kappa shape index (κ2) is 7.19. The number of carbonyl (C=O) groups is 1. The van der Waals surface area contributed by atoms with Crippen LogP contribution in [0.3, 0.4) is 0 Å². The SMILES string of the molecule is CC(C)CCCC(C)NC(=O)CCl. The molecule has 0 rings (SSSR count). The van der Waals surface area contributed by atoms with Crippen molar-refractivity contribution in [2.45, 2.75) is 46.1 Å². The van der Waals surface area contributed by atoms with Gasteiger partial charge in [0.25, 0.3) is 0 Å². The van der Waals surface area contributed by atoms with Crippen LogP contribution < -0.4 is 5.32 Å². The van der Waals surface area contributed by atoms with Gasteiger partial charge in [-0.15, -0.1) is 11.6 Å². The highest BCUT2D eigenvalue weighted by Crippen LogP contribution is 2.07. The maximum Gasteiger partial charge on any atom is 0.235 e. The molecular formula is C10H20ClNO. The fraction of sp³-hybridized carbons (Fsp3) is 0.900.